The lowest BCUT2D eigenvalue weighted by atomic mass is 10.2. The van der Waals surface area contributed by atoms with Gasteiger partial charge in [0.1, 0.15) is 11.5 Å². The molecular formula is C26H21N5O5. The molecule has 0 saturated carbocycles. The monoisotopic (exact) mass is 483 g/mol. The number of hydrogen-bond donors (Lipinski definition) is 3. The maximum absolute atomic E-state index is 12.3. The molecule has 3 N–H and O–H groups in total. The van der Waals surface area contributed by atoms with Crippen LogP contribution in [0.5, 0.6) is 0 Å². The molecule has 1 amide bonds. The molecule has 0 bridgehead atoms. The van der Waals surface area contributed by atoms with Gasteiger partial charge in [0.25, 0.3) is 5.91 Å². The predicted octanol–water partition coefficient (Wildman–Crippen LogP) is 3.81. The van der Waals surface area contributed by atoms with E-state index in [0.717, 1.165) is 11.4 Å². The Labute approximate surface area is 204 Å². The van der Waals surface area contributed by atoms with Crippen molar-refractivity contribution in [2.75, 3.05) is 11.9 Å². The lowest BCUT2D eigenvalue weighted by Gasteiger charge is -2.05. The van der Waals surface area contributed by atoms with Gasteiger partial charge < -0.3 is 24.4 Å². The van der Waals surface area contributed by atoms with Crippen molar-refractivity contribution < 1.29 is 18.7 Å². The van der Waals surface area contributed by atoms with E-state index in [-0.39, 0.29) is 5.69 Å². The minimum atomic E-state index is -0.690. The first kappa shape index (κ1) is 22.7. The van der Waals surface area contributed by atoms with Crippen molar-refractivity contribution in [2.45, 2.75) is 6.92 Å². The number of benzene rings is 2. The van der Waals surface area contributed by atoms with Gasteiger partial charge in [-0.2, -0.15) is 5.10 Å². The molecule has 0 aliphatic heterocycles. The molecule has 0 radical (unpaired) electrons. The Kier molecular flexibility index (Phi) is 6.06. The number of carbonyl (C=O) groups is 2. The number of furan rings is 1. The van der Waals surface area contributed by atoms with Crippen molar-refractivity contribution >= 4 is 34.7 Å². The Bertz CT molecular complexity index is 1640. The van der Waals surface area contributed by atoms with E-state index in [1.807, 2.05) is 49.4 Å². The summed E-state index contributed by atoms with van der Waals surface area (Å²) in [6.07, 6.45) is 4.58. The maximum Gasteiger partial charge on any atom is 0.331 e. The topological polar surface area (TPSA) is 135 Å². The summed E-state index contributed by atoms with van der Waals surface area (Å²) >= 11 is 0. The number of fused-ring (bicyclic) bond motifs is 1. The second-order valence-electron chi connectivity index (χ2n) is 7.95. The standard InChI is InChI=1S/C26H21N5O5/c1-16-7-11-22(36-16)25-17(14-31(30-25)19-5-3-2-4-6-19)8-12-24(33)35-15-23(32)27-18-9-10-20-21(13-18)29-26(34)28-20/h2-14H,15H2,1H3,(H,27,32)(H2,28,29,34)/b12-8+. The van der Waals surface area contributed by atoms with Crippen molar-refractivity contribution in [2.24, 2.45) is 0 Å². The van der Waals surface area contributed by atoms with Crippen LogP contribution in [0.2, 0.25) is 0 Å². The molecule has 0 saturated heterocycles. The summed E-state index contributed by atoms with van der Waals surface area (Å²) in [6.45, 7) is 1.36. The van der Waals surface area contributed by atoms with E-state index in [0.29, 0.717) is 33.7 Å². The molecule has 2 aromatic carbocycles. The normalized spacial score (nSPS) is 11.2. The molecule has 3 heterocycles. The highest BCUT2D eigenvalue weighted by molar-refractivity contribution is 5.96. The van der Waals surface area contributed by atoms with Gasteiger partial charge in [-0.05, 0) is 55.5 Å². The minimum Gasteiger partial charge on any atom is -0.460 e. The van der Waals surface area contributed by atoms with Crippen molar-refractivity contribution in [1.82, 2.24) is 19.7 Å². The number of para-hydroxylation sites is 1. The van der Waals surface area contributed by atoms with Crippen LogP contribution >= 0.6 is 0 Å². The fraction of sp³-hybridized carbons (Fsp3) is 0.0769. The Morgan fingerprint density at radius 1 is 1.08 bits per heavy atom. The van der Waals surface area contributed by atoms with Gasteiger partial charge >= 0.3 is 11.7 Å². The SMILES string of the molecule is Cc1ccc(-c2nn(-c3ccccc3)cc2/C=C/C(=O)OCC(=O)Nc2ccc3[nH]c(=O)[nH]c3c2)o1. The van der Waals surface area contributed by atoms with Crippen molar-refractivity contribution in [3.8, 4) is 17.1 Å². The molecule has 0 aliphatic rings. The molecule has 3 aromatic heterocycles. The number of carbonyl (C=O) groups excluding carboxylic acids is 2. The molecule has 0 fully saturated rings. The quantitative estimate of drug-likeness (QED) is 0.238. The van der Waals surface area contributed by atoms with Crippen LogP contribution < -0.4 is 11.0 Å². The molecule has 0 unspecified atom stereocenters. The third kappa shape index (κ3) is 5.02. The number of ether oxygens (including phenoxy) is 1. The van der Waals surface area contributed by atoms with E-state index in [9.17, 15) is 14.4 Å². The summed E-state index contributed by atoms with van der Waals surface area (Å²) in [5.41, 5.74) is 3.35. The van der Waals surface area contributed by atoms with Gasteiger partial charge in [-0.15, -0.1) is 0 Å². The smallest absolute Gasteiger partial charge is 0.331 e. The van der Waals surface area contributed by atoms with Gasteiger partial charge in [-0.1, -0.05) is 18.2 Å². The zero-order valence-electron chi connectivity index (χ0n) is 19.1. The Morgan fingerprint density at radius 3 is 2.67 bits per heavy atom. The van der Waals surface area contributed by atoms with Crippen molar-refractivity contribution in [1.29, 1.82) is 0 Å². The van der Waals surface area contributed by atoms with Crippen LogP contribution in [-0.2, 0) is 14.3 Å². The average Bonchev–Trinajstić information content (AvgIpc) is 3.59. The molecule has 5 aromatic rings. The third-order valence-electron chi connectivity index (χ3n) is 5.28. The van der Waals surface area contributed by atoms with Gasteiger partial charge in [0.2, 0.25) is 0 Å². The van der Waals surface area contributed by atoms with Gasteiger partial charge in [-0.25, -0.2) is 14.3 Å². The first-order valence-corrected chi connectivity index (χ1v) is 11.0. The Morgan fingerprint density at radius 2 is 1.89 bits per heavy atom. The molecule has 10 nitrogen and oxygen atoms in total. The van der Waals surface area contributed by atoms with E-state index in [1.165, 1.54) is 6.08 Å². The molecular weight excluding hydrogens is 462 g/mol. The van der Waals surface area contributed by atoms with Crippen LogP contribution in [0.3, 0.4) is 0 Å². The Hall–Kier alpha value is -5.12. The summed E-state index contributed by atoms with van der Waals surface area (Å²) in [5.74, 6) is 0.0965. The van der Waals surface area contributed by atoms with Crippen LogP contribution in [0.25, 0.3) is 34.3 Å². The second-order valence-corrected chi connectivity index (χ2v) is 7.95. The highest BCUT2D eigenvalue weighted by atomic mass is 16.5. The Balaban J connectivity index is 1.26. The van der Waals surface area contributed by atoms with Crippen molar-refractivity contribution in [3.63, 3.8) is 0 Å². The number of rotatable bonds is 7. The lowest BCUT2D eigenvalue weighted by Crippen LogP contribution is -2.20. The number of nitrogens with zero attached hydrogens (tertiary/aromatic N) is 2. The zero-order valence-corrected chi connectivity index (χ0v) is 19.1. The summed E-state index contributed by atoms with van der Waals surface area (Å²) in [6, 6.07) is 18.1. The number of aryl methyl sites for hydroxylation is 1. The predicted molar refractivity (Wildman–Crippen MR) is 134 cm³/mol. The van der Waals surface area contributed by atoms with Crippen LogP contribution in [0.15, 0.2) is 82.1 Å². The largest absolute Gasteiger partial charge is 0.460 e. The molecule has 5 rings (SSSR count). The van der Waals surface area contributed by atoms with E-state index in [1.54, 1.807) is 35.2 Å². The maximum atomic E-state index is 12.3. The first-order valence-electron chi connectivity index (χ1n) is 11.0. The zero-order chi connectivity index (χ0) is 25.1. The number of nitrogens with one attached hydrogen (secondary N) is 3. The van der Waals surface area contributed by atoms with Crippen molar-refractivity contribution in [3.05, 3.63) is 94.7 Å². The van der Waals surface area contributed by atoms with E-state index >= 15 is 0 Å². The number of amides is 1. The van der Waals surface area contributed by atoms with Gasteiger partial charge in [0.15, 0.2) is 12.4 Å². The molecule has 0 spiro atoms. The highest BCUT2D eigenvalue weighted by Gasteiger charge is 2.14. The number of aromatic nitrogens is 4. The fourth-order valence-corrected chi connectivity index (χ4v) is 3.63. The summed E-state index contributed by atoms with van der Waals surface area (Å²) in [7, 11) is 0. The fourth-order valence-electron chi connectivity index (χ4n) is 3.63. The van der Waals surface area contributed by atoms with E-state index in [2.05, 4.69) is 20.4 Å². The number of H-pyrrole nitrogens is 2. The number of anilines is 1. The molecule has 36 heavy (non-hydrogen) atoms. The molecule has 0 aliphatic carbocycles. The number of hydrogen-bond acceptors (Lipinski definition) is 6. The van der Waals surface area contributed by atoms with Crippen LogP contribution in [0.4, 0.5) is 5.69 Å². The average molecular weight is 483 g/mol. The molecule has 180 valence electrons. The van der Waals surface area contributed by atoms with Gasteiger partial charge in [0, 0.05) is 23.5 Å². The first-order chi connectivity index (χ1) is 17.4. The van der Waals surface area contributed by atoms with E-state index < -0.39 is 18.5 Å². The summed E-state index contributed by atoms with van der Waals surface area (Å²) in [4.78, 5) is 41.1. The molecule has 0 atom stereocenters. The lowest BCUT2D eigenvalue weighted by molar-refractivity contribution is -0.142. The number of aromatic amines is 2. The summed E-state index contributed by atoms with van der Waals surface area (Å²) in [5, 5.41) is 7.24. The van der Waals surface area contributed by atoms with Gasteiger partial charge in [0.05, 0.1) is 16.7 Å². The van der Waals surface area contributed by atoms with Crippen LogP contribution in [0, 0.1) is 6.92 Å². The molecule has 10 heteroatoms. The highest BCUT2D eigenvalue weighted by Crippen LogP contribution is 2.26. The van der Waals surface area contributed by atoms with E-state index in [4.69, 9.17) is 9.15 Å². The summed E-state index contributed by atoms with van der Waals surface area (Å²) < 4.78 is 12.5. The number of imidazole rings is 1. The second kappa shape index (κ2) is 9.63. The van der Waals surface area contributed by atoms with Crippen LogP contribution in [0.1, 0.15) is 11.3 Å². The number of esters is 1. The third-order valence-corrected chi connectivity index (χ3v) is 5.28. The minimum absolute atomic E-state index is 0.339. The van der Waals surface area contributed by atoms with Gasteiger partial charge in [-0.3, -0.25) is 4.79 Å². The van der Waals surface area contributed by atoms with Crippen LogP contribution in [-0.4, -0.2) is 38.2 Å².